The Hall–Kier alpha value is -1.49. The van der Waals surface area contributed by atoms with Crippen LogP contribution >= 0.6 is 12.4 Å². The first-order valence-electron chi connectivity index (χ1n) is 8.07. The van der Waals surface area contributed by atoms with Crippen molar-refractivity contribution in [2.24, 2.45) is 0 Å². The van der Waals surface area contributed by atoms with E-state index in [1.807, 2.05) is 6.92 Å². The molecular formula is C15H23ClFN3O5S. The summed E-state index contributed by atoms with van der Waals surface area (Å²) >= 11 is 0. The van der Waals surface area contributed by atoms with Gasteiger partial charge in [-0.05, 0) is 38.4 Å². The van der Waals surface area contributed by atoms with Crippen LogP contribution in [-0.2, 0) is 10.0 Å². The summed E-state index contributed by atoms with van der Waals surface area (Å²) in [6.45, 7) is 3.50. The molecule has 0 aromatic heterocycles. The molecule has 2 rings (SSSR count). The Morgan fingerprint density at radius 2 is 2.00 bits per heavy atom. The second-order valence-corrected chi connectivity index (χ2v) is 7.70. The molecule has 1 heterocycles. The summed E-state index contributed by atoms with van der Waals surface area (Å²) in [5, 5.41) is 14.3. The van der Waals surface area contributed by atoms with Crippen molar-refractivity contribution in [1.82, 2.24) is 9.62 Å². The molecule has 0 aliphatic carbocycles. The maximum absolute atomic E-state index is 14.2. The number of hydrogen-bond acceptors (Lipinski definition) is 6. The fraction of sp³-hybridized carbons (Fsp3) is 0.600. The van der Waals surface area contributed by atoms with E-state index in [-0.39, 0.29) is 25.0 Å². The first kappa shape index (κ1) is 22.6. The van der Waals surface area contributed by atoms with Crippen molar-refractivity contribution < 1.29 is 22.5 Å². The molecule has 11 heteroatoms. The lowest BCUT2D eigenvalue weighted by molar-refractivity contribution is -0.386. The van der Waals surface area contributed by atoms with E-state index >= 15 is 0 Å². The Balaban J connectivity index is 0.00000338. The smallest absolute Gasteiger partial charge is 0.315 e. The number of benzene rings is 1. The third kappa shape index (κ3) is 4.61. The van der Waals surface area contributed by atoms with Gasteiger partial charge in [0.25, 0.3) is 0 Å². The molecule has 1 saturated heterocycles. The van der Waals surface area contributed by atoms with E-state index < -0.39 is 37.1 Å². The van der Waals surface area contributed by atoms with Crippen LogP contribution < -0.4 is 10.1 Å². The summed E-state index contributed by atoms with van der Waals surface area (Å²) in [6.07, 6.45) is 1.86. The molecule has 26 heavy (non-hydrogen) atoms. The van der Waals surface area contributed by atoms with Crippen LogP contribution in [0, 0.1) is 15.9 Å². The SMILES string of the molecule is CCCN(C1CCNCC1)S(=O)(=O)c1cc(F)c(OC)c([N+](=O)[O-])c1.Cl. The molecule has 0 spiro atoms. The summed E-state index contributed by atoms with van der Waals surface area (Å²) in [7, 11) is -2.97. The molecule has 1 fully saturated rings. The number of methoxy groups -OCH3 is 1. The minimum Gasteiger partial charge on any atom is -0.488 e. The molecular weight excluding hydrogens is 389 g/mol. The average Bonchev–Trinajstić information content (AvgIpc) is 2.59. The summed E-state index contributed by atoms with van der Waals surface area (Å²) in [5.74, 6) is -1.65. The van der Waals surface area contributed by atoms with E-state index in [0.717, 1.165) is 19.2 Å². The highest BCUT2D eigenvalue weighted by atomic mass is 35.5. The van der Waals surface area contributed by atoms with Crippen molar-refractivity contribution in [2.75, 3.05) is 26.7 Å². The number of nitrogens with zero attached hydrogens (tertiary/aromatic N) is 2. The Labute approximate surface area is 158 Å². The summed E-state index contributed by atoms with van der Waals surface area (Å²) in [5.41, 5.74) is -0.706. The number of nitro groups is 1. The number of piperidine rings is 1. The van der Waals surface area contributed by atoms with E-state index in [9.17, 15) is 22.9 Å². The summed E-state index contributed by atoms with van der Waals surface area (Å²) in [6, 6.07) is 1.43. The third-order valence-corrected chi connectivity index (χ3v) is 6.09. The summed E-state index contributed by atoms with van der Waals surface area (Å²) in [4.78, 5) is 9.87. The van der Waals surface area contributed by atoms with Gasteiger partial charge in [0.05, 0.1) is 16.9 Å². The van der Waals surface area contributed by atoms with Crippen molar-refractivity contribution in [3.63, 3.8) is 0 Å². The van der Waals surface area contributed by atoms with Crippen LogP contribution in [0.2, 0.25) is 0 Å². The van der Waals surface area contributed by atoms with Crippen molar-refractivity contribution in [3.05, 3.63) is 28.1 Å². The highest BCUT2D eigenvalue weighted by Crippen LogP contribution is 2.34. The molecule has 0 atom stereocenters. The first-order valence-corrected chi connectivity index (χ1v) is 9.51. The van der Waals surface area contributed by atoms with E-state index in [4.69, 9.17) is 4.74 Å². The molecule has 148 valence electrons. The fourth-order valence-corrected chi connectivity index (χ4v) is 4.80. The number of ether oxygens (including phenoxy) is 1. The van der Waals surface area contributed by atoms with Gasteiger partial charge >= 0.3 is 5.69 Å². The van der Waals surface area contributed by atoms with Crippen molar-refractivity contribution in [3.8, 4) is 5.75 Å². The number of halogens is 2. The van der Waals surface area contributed by atoms with Gasteiger partial charge in [-0.3, -0.25) is 10.1 Å². The molecule has 0 saturated carbocycles. The molecule has 1 N–H and O–H groups in total. The lowest BCUT2D eigenvalue weighted by Crippen LogP contribution is -2.46. The zero-order valence-electron chi connectivity index (χ0n) is 14.6. The Morgan fingerprint density at radius 1 is 1.38 bits per heavy atom. The Morgan fingerprint density at radius 3 is 2.50 bits per heavy atom. The van der Waals surface area contributed by atoms with E-state index in [0.29, 0.717) is 32.4 Å². The van der Waals surface area contributed by atoms with Gasteiger partial charge in [-0.15, -0.1) is 12.4 Å². The van der Waals surface area contributed by atoms with Gasteiger partial charge in [0.15, 0.2) is 5.82 Å². The highest BCUT2D eigenvalue weighted by Gasteiger charge is 2.34. The largest absolute Gasteiger partial charge is 0.488 e. The highest BCUT2D eigenvalue weighted by molar-refractivity contribution is 7.89. The number of sulfonamides is 1. The Kier molecular flexibility index (Phi) is 8.19. The lowest BCUT2D eigenvalue weighted by Gasteiger charge is -2.33. The maximum Gasteiger partial charge on any atom is 0.315 e. The van der Waals surface area contributed by atoms with Gasteiger partial charge < -0.3 is 10.1 Å². The monoisotopic (exact) mass is 411 g/mol. The zero-order chi connectivity index (χ0) is 18.6. The lowest BCUT2D eigenvalue weighted by atomic mass is 10.1. The van der Waals surface area contributed by atoms with Gasteiger partial charge in [-0.1, -0.05) is 6.92 Å². The average molecular weight is 412 g/mol. The standard InChI is InChI=1S/C15H22FN3O5S.ClH/c1-3-8-18(11-4-6-17-7-5-11)25(22,23)12-9-13(16)15(24-2)14(10-12)19(20)21;/h9-11,17H,3-8H2,1-2H3;1H. The normalized spacial score (nSPS) is 15.5. The molecule has 1 aliphatic heterocycles. The molecule has 0 bridgehead atoms. The van der Waals surface area contributed by atoms with Crippen LogP contribution in [0.1, 0.15) is 26.2 Å². The predicted octanol–water partition coefficient (Wildman–Crippen LogP) is 2.32. The number of nitrogens with one attached hydrogen (secondary N) is 1. The van der Waals surface area contributed by atoms with Crippen LogP contribution in [0.15, 0.2) is 17.0 Å². The van der Waals surface area contributed by atoms with Gasteiger partial charge in [-0.2, -0.15) is 4.31 Å². The van der Waals surface area contributed by atoms with Gasteiger partial charge in [-0.25, -0.2) is 12.8 Å². The van der Waals surface area contributed by atoms with Crippen molar-refractivity contribution >= 4 is 28.1 Å². The second kappa shape index (κ2) is 9.45. The van der Waals surface area contributed by atoms with E-state index in [2.05, 4.69) is 5.32 Å². The summed E-state index contributed by atoms with van der Waals surface area (Å²) < 4.78 is 46.2. The molecule has 1 aromatic carbocycles. The number of nitro benzene ring substituents is 1. The third-order valence-electron chi connectivity index (χ3n) is 4.16. The zero-order valence-corrected chi connectivity index (χ0v) is 16.2. The van der Waals surface area contributed by atoms with Crippen LogP contribution in [-0.4, -0.2) is 50.4 Å². The topological polar surface area (TPSA) is 102 Å². The van der Waals surface area contributed by atoms with Crippen LogP contribution in [0.25, 0.3) is 0 Å². The molecule has 8 nitrogen and oxygen atoms in total. The molecule has 1 aliphatic rings. The van der Waals surface area contributed by atoms with E-state index in [1.165, 1.54) is 4.31 Å². The van der Waals surface area contributed by atoms with Crippen molar-refractivity contribution in [2.45, 2.75) is 37.1 Å². The Bertz CT molecular complexity index is 741. The number of rotatable bonds is 7. The molecule has 0 unspecified atom stereocenters. The number of hydrogen-bond donors (Lipinski definition) is 1. The molecule has 0 amide bonds. The molecule has 0 radical (unpaired) electrons. The fourth-order valence-electron chi connectivity index (χ4n) is 2.99. The molecule has 1 aromatic rings. The van der Waals surface area contributed by atoms with Crippen LogP contribution in [0.3, 0.4) is 0 Å². The quantitative estimate of drug-likeness (QED) is 0.545. The van der Waals surface area contributed by atoms with Crippen LogP contribution in [0.4, 0.5) is 10.1 Å². The maximum atomic E-state index is 14.2. The minimum absolute atomic E-state index is 0. The second-order valence-electron chi connectivity index (χ2n) is 5.81. The van der Waals surface area contributed by atoms with E-state index in [1.54, 1.807) is 0 Å². The van der Waals surface area contributed by atoms with Crippen LogP contribution in [0.5, 0.6) is 5.75 Å². The van der Waals surface area contributed by atoms with Crippen molar-refractivity contribution in [1.29, 1.82) is 0 Å². The van der Waals surface area contributed by atoms with Gasteiger partial charge in [0, 0.05) is 18.7 Å². The minimum atomic E-state index is -4.06. The van der Waals surface area contributed by atoms with Gasteiger partial charge in [0.1, 0.15) is 0 Å². The predicted molar refractivity (Wildman–Crippen MR) is 96.9 cm³/mol. The van der Waals surface area contributed by atoms with Gasteiger partial charge in [0.2, 0.25) is 15.8 Å². The first-order chi connectivity index (χ1) is 11.8.